The molecule has 3 rings (SSSR count). The highest BCUT2D eigenvalue weighted by Gasteiger charge is 2.10. The Bertz CT molecular complexity index is 887. The minimum Gasteiger partial charge on any atom is -0.482 e. The van der Waals surface area contributed by atoms with Gasteiger partial charge in [0.05, 0.1) is 11.3 Å². The van der Waals surface area contributed by atoms with Gasteiger partial charge in [0.2, 0.25) is 0 Å². The molecule has 0 spiro atoms. The standard InChI is InChI=1S/C17H12N4O2S/c18-9-13-3-1-2-4-15(13)23-10-16(22)21-17-20-14(11-24-17)12-5-7-19-8-6-12/h1-8,11H,10H2,(H,20,21,22). The van der Waals surface area contributed by atoms with Gasteiger partial charge in [-0.15, -0.1) is 11.3 Å². The molecule has 0 saturated carbocycles. The number of pyridine rings is 1. The van der Waals surface area contributed by atoms with E-state index in [9.17, 15) is 4.79 Å². The minimum atomic E-state index is -0.335. The van der Waals surface area contributed by atoms with Crippen molar-refractivity contribution in [2.75, 3.05) is 11.9 Å². The Balaban J connectivity index is 1.60. The van der Waals surface area contributed by atoms with E-state index in [-0.39, 0.29) is 12.5 Å². The smallest absolute Gasteiger partial charge is 0.264 e. The fourth-order valence-corrected chi connectivity index (χ4v) is 2.71. The highest BCUT2D eigenvalue weighted by atomic mass is 32.1. The molecule has 0 saturated heterocycles. The lowest BCUT2D eigenvalue weighted by Gasteiger charge is -2.06. The van der Waals surface area contributed by atoms with Gasteiger partial charge in [-0.2, -0.15) is 5.26 Å². The van der Waals surface area contributed by atoms with Crippen LogP contribution in [0.4, 0.5) is 5.13 Å². The molecule has 0 aliphatic heterocycles. The zero-order valence-corrected chi connectivity index (χ0v) is 13.3. The number of benzene rings is 1. The third kappa shape index (κ3) is 3.74. The Labute approximate surface area is 142 Å². The molecular formula is C17H12N4O2S. The Morgan fingerprint density at radius 3 is 2.83 bits per heavy atom. The van der Waals surface area contributed by atoms with Crippen molar-refractivity contribution in [3.63, 3.8) is 0 Å². The highest BCUT2D eigenvalue weighted by Crippen LogP contribution is 2.24. The van der Waals surface area contributed by atoms with E-state index in [1.807, 2.05) is 23.6 Å². The van der Waals surface area contributed by atoms with Crippen molar-refractivity contribution in [2.45, 2.75) is 0 Å². The molecule has 6 nitrogen and oxygen atoms in total. The Kier molecular flexibility index (Phi) is 4.79. The first-order valence-electron chi connectivity index (χ1n) is 7.04. The number of amides is 1. The number of hydrogen-bond donors (Lipinski definition) is 1. The maximum Gasteiger partial charge on any atom is 0.264 e. The number of hydrogen-bond acceptors (Lipinski definition) is 6. The summed E-state index contributed by atoms with van der Waals surface area (Å²) in [5.41, 5.74) is 2.09. The number of nitriles is 1. The van der Waals surface area contributed by atoms with Crippen molar-refractivity contribution in [3.8, 4) is 23.1 Å². The summed E-state index contributed by atoms with van der Waals surface area (Å²) in [4.78, 5) is 20.3. The van der Waals surface area contributed by atoms with Gasteiger partial charge in [-0.25, -0.2) is 4.98 Å². The van der Waals surface area contributed by atoms with Gasteiger partial charge in [-0.05, 0) is 24.3 Å². The van der Waals surface area contributed by atoms with Crippen molar-refractivity contribution in [3.05, 3.63) is 59.7 Å². The molecule has 1 aromatic carbocycles. The number of nitrogens with one attached hydrogen (secondary N) is 1. The molecule has 2 heterocycles. The van der Waals surface area contributed by atoms with E-state index in [1.54, 1.807) is 36.7 Å². The molecule has 0 aliphatic carbocycles. The van der Waals surface area contributed by atoms with Gasteiger partial charge in [0, 0.05) is 23.3 Å². The molecule has 0 aliphatic rings. The van der Waals surface area contributed by atoms with Gasteiger partial charge < -0.3 is 4.74 Å². The molecule has 0 fully saturated rings. The predicted octanol–water partition coefficient (Wildman–Crippen LogP) is 3.09. The van der Waals surface area contributed by atoms with E-state index < -0.39 is 0 Å². The van der Waals surface area contributed by atoms with Crippen LogP contribution >= 0.6 is 11.3 Å². The van der Waals surface area contributed by atoms with Crippen LogP contribution in [0.3, 0.4) is 0 Å². The number of carbonyl (C=O) groups excluding carboxylic acids is 1. The highest BCUT2D eigenvalue weighted by molar-refractivity contribution is 7.14. The number of rotatable bonds is 5. The zero-order valence-electron chi connectivity index (χ0n) is 12.5. The Morgan fingerprint density at radius 2 is 2.04 bits per heavy atom. The van der Waals surface area contributed by atoms with Crippen molar-refractivity contribution in [2.24, 2.45) is 0 Å². The summed E-state index contributed by atoms with van der Waals surface area (Å²) < 4.78 is 5.39. The predicted molar refractivity (Wildman–Crippen MR) is 90.6 cm³/mol. The zero-order chi connectivity index (χ0) is 16.8. The third-order valence-corrected chi connectivity index (χ3v) is 3.85. The molecule has 7 heteroatoms. The molecule has 1 amide bonds. The first-order chi connectivity index (χ1) is 11.8. The number of ether oxygens (including phenoxy) is 1. The summed E-state index contributed by atoms with van der Waals surface area (Å²) >= 11 is 1.33. The van der Waals surface area contributed by atoms with E-state index in [0.717, 1.165) is 11.3 Å². The van der Waals surface area contributed by atoms with Gasteiger partial charge >= 0.3 is 0 Å². The van der Waals surface area contributed by atoms with Crippen LogP contribution < -0.4 is 10.1 Å². The van der Waals surface area contributed by atoms with E-state index >= 15 is 0 Å². The van der Waals surface area contributed by atoms with Crippen LogP contribution in [-0.2, 0) is 4.79 Å². The quantitative estimate of drug-likeness (QED) is 0.773. The van der Waals surface area contributed by atoms with Crippen LogP contribution in [0.2, 0.25) is 0 Å². The molecule has 0 unspecified atom stereocenters. The van der Waals surface area contributed by atoms with Gasteiger partial charge in [0.25, 0.3) is 5.91 Å². The Morgan fingerprint density at radius 1 is 1.25 bits per heavy atom. The average molecular weight is 336 g/mol. The summed E-state index contributed by atoms with van der Waals surface area (Å²) in [5, 5.41) is 14.0. The first kappa shape index (κ1) is 15.6. The molecule has 0 radical (unpaired) electrons. The van der Waals surface area contributed by atoms with E-state index in [0.29, 0.717) is 16.4 Å². The van der Waals surface area contributed by atoms with Crippen molar-refractivity contribution in [1.82, 2.24) is 9.97 Å². The van der Waals surface area contributed by atoms with Crippen molar-refractivity contribution in [1.29, 1.82) is 5.26 Å². The lowest BCUT2D eigenvalue weighted by molar-refractivity contribution is -0.118. The second-order valence-corrected chi connectivity index (χ2v) is 5.58. The van der Waals surface area contributed by atoms with Crippen LogP contribution in [0.5, 0.6) is 5.75 Å². The van der Waals surface area contributed by atoms with Crippen LogP contribution in [0.15, 0.2) is 54.2 Å². The number of aromatic nitrogens is 2. The second-order valence-electron chi connectivity index (χ2n) is 4.72. The molecule has 2 aromatic heterocycles. The van der Waals surface area contributed by atoms with Crippen molar-refractivity contribution >= 4 is 22.4 Å². The van der Waals surface area contributed by atoms with E-state index in [1.165, 1.54) is 11.3 Å². The lowest BCUT2D eigenvalue weighted by Crippen LogP contribution is -2.20. The topological polar surface area (TPSA) is 87.9 Å². The fraction of sp³-hybridized carbons (Fsp3) is 0.0588. The molecule has 3 aromatic rings. The van der Waals surface area contributed by atoms with Gasteiger partial charge in [-0.3, -0.25) is 15.1 Å². The SMILES string of the molecule is N#Cc1ccccc1OCC(=O)Nc1nc(-c2ccncc2)cs1. The maximum absolute atomic E-state index is 12.0. The Hall–Kier alpha value is -3.24. The van der Waals surface area contributed by atoms with Gasteiger partial charge in [0.15, 0.2) is 11.7 Å². The van der Waals surface area contributed by atoms with Crippen LogP contribution in [-0.4, -0.2) is 22.5 Å². The average Bonchev–Trinajstić information content (AvgIpc) is 3.09. The minimum absolute atomic E-state index is 0.192. The second kappa shape index (κ2) is 7.35. The molecule has 24 heavy (non-hydrogen) atoms. The van der Waals surface area contributed by atoms with E-state index in [4.69, 9.17) is 10.00 Å². The van der Waals surface area contributed by atoms with Crippen LogP contribution in [0.25, 0.3) is 11.3 Å². The molecule has 0 atom stereocenters. The van der Waals surface area contributed by atoms with Crippen molar-refractivity contribution < 1.29 is 9.53 Å². The fourth-order valence-electron chi connectivity index (χ4n) is 1.97. The molecule has 118 valence electrons. The number of carbonyl (C=O) groups is 1. The maximum atomic E-state index is 12.0. The van der Waals surface area contributed by atoms with Crippen LogP contribution in [0.1, 0.15) is 5.56 Å². The number of thiazole rings is 1. The number of para-hydroxylation sites is 1. The first-order valence-corrected chi connectivity index (χ1v) is 7.92. The summed E-state index contributed by atoms with van der Waals surface area (Å²) in [5.74, 6) is 0.0464. The number of anilines is 1. The van der Waals surface area contributed by atoms with Crippen LogP contribution in [0, 0.1) is 11.3 Å². The summed E-state index contributed by atoms with van der Waals surface area (Å²) in [6, 6.07) is 12.5. The monoisotopic (exact) mass is 336 g/mol. The lowest BCUT2D eigenvalue weighted by atomic mass is 10.2. The summed E-state index contributed by atoms with van der Waals surface area (Å²) in [6.07, 6.45) is 3.38. The molecule has 1 N–H and O–H groups in total. The summed E-state index contributed by atoms with van der Waals surface area (Å²) in [6.45, 7) is -0.192. The normalized spacial score (nSPS) is 9.96. The molecular weight excluding hydrogens is 324 g/mol. The largest absolute Gasteiger partial charge is 0.482 e. The van der Waals surface area contributed by atoms with Gasteiger partial charge in [-0.1, -0.05) is 12.1 Å². The number of nitrogens with zero attached hydrogens (tertiary/aromatic N) is 3. The summed E-state index contributed by atoms with van der Waals surface area (Å²) in [7, 11) is 0. The van der Waals surface area contributed by atoms with E-state index in [2.05, 4.69) is 15.3 Å². The van der Waals surface area contributed by atoms with Gasteiger partial charge in [0.1, 0.15) is 11.8 Å². The molecule has 0 bridgehead atoms. The third-order valence-electron chi connectivity index (χ3n) is 3.09.